The lowest BCUT2D eigenvalue weighted by Crippen LogP contribution is -2.30. The first kappa shape index (κ1) is 17.1. The second kappa shape index (κ2) is 6.27. The Labute approximate surface area is 142 Å². The number of ether oxygens (including phenoxy) is 1. The molecule has 6 nitrogen and oxygen atoms in total. The first-order chi connectivity index (χ1) is 11.7. The fourth-order valence-corrected chi connectivity index (χ4v) is 2.50. The lowest BCUT2D eigenvalue weighted by atomic mass is 9.79. The van der Waals surface area contributed by atoms with Gasteiger partial charge in [0, 0.05) is 23.6 Å². The van der Waals surface area contributed by atoms with Crippen LogP contribution in [0.4, 0.5) is 14.5 Å². The van der Waals surface area contributed by atoms with Crippen molar-refractivity contribution in [3.05, 3.63) is 42.6 Å². The first-order valence-electron chi connectivity index (χ1n) is 7.33. The molecule has 0 fully saturated rings. The van der Waals surface area contributed by atoms with Gasteiger partial charge in [-0.15, -0.1) is 0 Å². The second-order valence-electron chi connectivity index (χ2n) is 5.57. The van der Waals surface area contributed by atoms with E-state index in [1.54, 1.807) is 18.2 Å². The van der Waals surface area contributed by atoms with E-state index in [1.165, 1.54) is 24.4 Å². The van der Waals surface area contributed by atoms with Gasteiger partial charge in [-0.1, -0.05) is 12.1 Å². The number of aromatic nitrogens is 2. The molecule has 128 valence electrons. The van der Waals surface area contributed by atoms with Gasteiger partial charge in [0.1, 0.15) is 5.75 Å². The Balaban J connectivity index is 2.21. The number of hydrogen-bond donors (Lipinski definition) is 3. The molecule has 0 aliphatic rings. The van der Waals surface area contributed by atoms with Crippen LogP contribution >= 0.6 is 0 Å². The predicted molar refractivity (Wildman–Crippen MR) is 90.5 cm³/mol. The minimum absolute atomic E-state index is 0.125. The molecule has 9 heteroatoms. The van der Waals surface area contributed by atoms with Crippen LogP contribution in [0.3, 0.4) is 0 Å². The number of anilines is 1. The Kier molecular flexibility index (Phi) is 4.28. The number of nitrogens with zero attached hydrogens (tertiary/aromatic N) is 2. The van der Waals surface area contributed by atoms with E-state index < -0.39 is 13.2 Å². The number of fused-ring (bicyclic) bond motifs is 1. The van der Waals surface area contributed by atoms with Crippen molar-refractivity contribution in [1.29, 1.82) is 0 Å². The van der Waals surface area contributed by atoms with Gasteiger partial charge in [0.05, 0.1) is 11.7 Å². The summed E-state index contributed by atoms with van der Waals surface area (Å²) in [5, 5.41) is 27.1. The molecule has 25 heavy (non-hydrogen) atoms. The third kappa shape index (κ3) is 3.67. The summed E-state index contributed by atoms with van der Waals surface area (Å²) >= 11 is 0. The van der Waals surface area contributed by atoms with Gasteiger partial charge < -0.3 is 20.5 Å². The van der Waals surface area contributed by atoms with Gasteiger partial charge >= 0.3 is 13.2 Å². The summed E-state index contributed by atoms with van der Waals surface area (Å²) in [6, 6.07) is 8.77. The quantitative estimate of drug-likeness (QED) is 0.490. The summed E-state index contributed by atoms with van der Waals surface area (Å²) < 4.78 is 31.4. The average Bonchev–Trinajstić information content (AvgIpc) is 2.53. The molecule has 0 bridgehead atoms. The molecule has 0 unspecified atom stereocenters. The molecule has 0 atom stereocenters. The van der Waals surface area contributed by atoms with Crippen LogP contribution in [0.2, 0.25) is 0 Å². The van der Waals surface area contributed by atoms with E-state index in [9.17, 15) is 18.8 Å². The standard InChI is InChI=1S/C16H14BF2N3O3/c1-16(18,19)25-15-3-2-10(17(23)24)8-12(15)9-6-13(20)11-4-5-21-22-14(11)7-9/h2-8,23-24H,20H2,1H3. The molecule has 3 aromatic rings. The molecule has 0 saturated carbocycles. The fraction of sp³-hybridized carbons (Fsp3) is 0.125. The lowest BCUT2D eigenvalue weighted by molar-refractivity contribution is -0.158. The van der Waals surface area contributed by atoms with Crippen LogP contribution in [0.25, 0.3) is 22.0 Å². The van der Waals surface area contributed by atoms with Crippen LogP contribution in [0.5, 0.6) is 5.75 Å². The van der Waals surface area contributed by atoms with E-state index in [1.807, 2.05) is 0 Å². The van der Waals surface area contributed by atoms with Crippen molar-refractivity contribution in [2.45, 2.75) is 13.0 Å². The number of benzene rings is 2. The molecule has 1 heterocycles. The van der Waals surface area contributed by atoms with Crippen LogP contribution in [-0.2, 0) is 0 Å². The summed E-state index contributed by atoms with van der Waals surface area (Å²) in [7, 11) is -1.76. The SMILES string of the molecule is CC(F)(F)Oc1ccc(B(O)O)cc1-c1cc(N)c2ccnnc2c1. The third-order valence-corrected chi connectivity index (χ3v) is 3.57. The largest absolute Gasteiger partial charge is 0.488 e. The van der Waals surface area contributed by atoms with Gasteiger partial charge in [-0.25, -0.2) is 0 Å². The van der Waals surface area contributed by atoms with Crippen molar-refractivity contribution < 1.29 is 23.6 Å². The molecule has 0 aliphatic carbocycles. The monoisotopic (exact) mass is 345 g/mol. The molecular weight excluding hydrogens is 331 g/mol. The van der Waals surface area contributed by atoms with Gasteiger partial charge in [0.15, 0.2) is 0 Å². The molecule has 0 spiro atoms. The molecule has 0 aliphatic heterocycles. The highest BCUT2D eigenvalue weighted by molar-refractivity contribution is 6.58. The zero-order chi connectivity index (χ0) is 18.2. The highest BCUT2D eigenvalue weighted by Crippen LogP contribution is 2.35. The van der Waals surface area contributed by atoms with Crippen molar-refractivity contribution >= 4 is 29.2 Å². The second-order valence-corrected chi connectivity index (χ2v) is 5.57. The molecule has 0 amide bonds. The molecular formula is C16H14BF2N3O3. The van der Waals surface area contributed by atoms with Gasteiger partial charge in [-0.2, -0.15) is 19.0 Å². The Morgan fingerprint density at radius 1 is 1.16 bits per heavy atom. The normalized spacial score (nSPS) is 11.6. The van der Waals surface area contributed by atoms with E-state index in [0.717, 1.165) is 0 Å². The number of rotatable bonds is 4. The average molecular weight is 345 g/mol. The Morgan fingerprint density at radius 3 is 2.60 bits per heavy atom. The zero-order valence-electron chi connectivity index (χ0n) is 13.1. The van der Waals surface area contributed by atoms with E-state index in [0.29, 0.717) is 29.1 Å². The van der Waals surface area contributed by atoms with E-state index >= 15 is 0 Å². The molecule has 2 aromatic carbocycles. The van der Waals surface area contributed by atoms with Crippen molar-refractivity contribution in [3.8, 4) is 16.9 Å². The van der Waals surface area contributed by atoms with E-state index in [-0.39, 0.29) is 16.8 Å². The van der Waals surface area contributed by atoms with Gasteiger partial charge in [0.2, 0.25) is 0 Å². The number of nitrogens with two attached hydrogens (primary N) is 1. The van der Waals surface area contributed by atoms with Crippen LogP contribution in [-0.4, -0.2) is 33.5 Å². The molecule has 1 aromatic heterocycles. The highest BCUT2D eigenvalue weighted by Gasteiger charge is 2.26. The summed E-state index contributed by atoms with van der Waals surface area (Å²) in [6.45, 7) is 0.617. The smallest absolute Gasteiger partial charge is 0.432 e. The Hall–Kier alpha value is -2.78. The summed E-state index contributed by atoms with van der Waals surface area (Å²) in [6.07, 6.45) is -1.91. The summed E-state index contributed by atoms with van der Waals surface area (Å²) in [5.41, 5.74) is 7.66. The van der Waals surface area contributed by atoms with Crippen molar-refractivity contribution in [1.82, 2.24) is 10.2 Å². The van der Waals surface area contributed by atoms with Crippen LogP contribution in [0, 0.1) is 0 Å². The highest BCUT2D eigenvalue weighted by atomic mass is 19.3. The number of halogens is 2. The Bertz CT molecular complexity index is 932. The van der Waals surface area contributed by atoms with Gasteiger partial charge in [-0.3, -0.25) is 0 Å². The maximum Gasteiger partial charge on any atom is 0.488 e. The van der Waals surface area contributed by atoms with Gasteiger partial charge in [0.25, 0.3) is 0 Å². The number of nitrogen functional groups attached to an aromatic ring is 1. The molecule has 3 rings (SSSR count). The topological polar surface area (TPSA) is 101 Å². The van der Waals surface area contributed by atoms with Crippen molar-refractivity contribution in [2.75, 3.05) is 5.73 Å². The molecule has 4 N–H and O–H groups in total. The number of alkyl halides is 2. The van der Waals surface area contributed by atoms with Crippen molar-refractivity contribution in [3.63, 3.8) is 0 Å². The first-order valence-corrected chi connectivity index (χ1v) is 7.33. The maximum atomic E-state index is 13.3. The predicted octanol–water partition coefficient (Wildman–Crippen LogP) is 1.55. The third-order valence-electron chi connectivity index (χ3n) is 3.57. The van der Waals surface area contributed by atoms with Gasteiger partial charge in [-0.05, 0) is 35.3 Å². The zero-order valence-corrected chi connectivity index (χ0v) is 13.1. The summed E-state index contributed by atoms with van der Waals surface area (Å²) in [5.74, 6) is -0.125. The maximum absolute atomic E-state index is 13.3. The van der Waals surface area contributed by atoms with Crippen LogP contribution in [0.15, 0.2) is 42.6 Å². The number of hydrogen-bond acceptors (Lipinski definition) is 6. The molecule has 0 radical (unpaired) electrons. The minimum atomic E-state index is -3.41. The fourth-order valence-electron chi connectivity index (χ4n) is 2.50. The minimum Gasteiger partial charge on any atom is -0.432 e. The lowest BCUT2D eigenvalue weighted by Gasteiger charge is -2.18. The van der Waals surface area contributed by atoms with Crippen molar-refractivity contribution in [2.24, 2.45) is 0 Å². The van der Waals surface area contributed by atoms with Crippen LogP contribution in [0.1, 0.15) is 6.92 Å². The Morgan fingerprint density at radius 2 is 1.92 bits per heavy atom. The van der Waals surface area contributed by atoms with Crippen LogP contribution < -0.4 is 15.9 Å². The van der Waals surface area contributed by atoms with E-state index in [2.05, 4.69) is 10.2 Å². The molecule has 0 saturated heterocycles. The summed E-state index contributed by atoms with van der Waals surface area (Å²) in [4.78, 5) is 0. The van der Waals surface area contributed by atoms with E-state index in [4.69, 9.17) is 10.5 Å².